The van der Waals surface area contributed by atoms with Crippen molar-refractivity contribution in [1.29, 1.82) is 0 Å². The molecule has 0 aromatic carbocycles. The molecule has 0 spiro atoms. The monoisotopic (exact) mass is 585 g/mol. The number of ether oxygens (including phenoxy) is 5. The van der Waals surface area contributed by atoms with Gasteiger partial charge in [-0.3, -0.25) is 5.32 Å². The van der Waals surface area contributed by atoms with Crippen molar-refractivity contribution in [3.8, 4) is 0 Å². The topological polar surface area (TPSA) is 217 Å². The van der Waals surface area contributed by atoms with Crippen LogP contribution in [0.3, 0.4) is 0 Å². The van der Waals surface area contributed by atoms with E-state index in [0.717, 1.165) is 25.7 Å². The summed E-state index contributed by atoms with van der Waals surface area (Å²) in [4.78, 5) is 15.8. The molecular formula is C27H41N2O12+. The minimum absolute atomic E-state index is 0.105. The first-order valence-corrected chi connectivity index (χ1v) is 14.2. The molecule has 7 unspecified atom stereocenters. The van der Waals surface area contributed by atoms with Crippen LogP contribution in [0.4, 0.5) is 0 Å². The van der Waals surface area contributed by atoms with Crippen molar-refractivity contribution in [3.05, 3.63) is 18.0 Å². The molecule has 3 aliphatic heterocycles. The van der Waals surface area contributed by atoms with Crippen molar-refractivity contribution < 1.29 is 59.1 Å². The Bertz CT molecular complexity index is 934. The number of hydrogen-bond donors (Lipinski definition) is 5. The van der Waals surface area contributed by atoms with Crippen molar-refractivity contribution in [1.82, 2.24) is 0 Å². The number of aliphatic hydroxyl groups is 7. The highest BCUT2D eigenvalue weighted by atomic mass is 16.7. The van der Waals surface area contributed by atoms with Crippen molar-refractivity contribution in [2.45, 2.75) is 118 Å². The maximum absolute atomic E-state index is 12.0. The number of carboxylic acid groups (broad SMARTS) is 1. The van der Waals surface area contributed by atoms with Crippen LogP contribution in [-0.2, 0) is 23.7 Å². The second kappa shape index (κ2) is 12.6. The van der Waals surface area contributed by atoms with Gasteiger partial charge in [-0.2, -0.15) is 0 Å². The quantitative estimate of drug-likeness (QED) is 0.147. The van der Waals surface area contributed by atoms with Crippen LogP contribution in [0.5, 0.6) is 0 Å². The van der Waals surface area contributed by atoms with E-state index in [2.05, 4.69) is 10.3 Å². The summed E-state index contributed by atoms with van der Waals surface area (Å²) in [6.07, 6.45) is -6.87. The lowest BCUT2D eigenvalue weighted by atomic mass is 9.71. The summed E-state index contributed by atoms with van der Waals surface area (Å²) in [7, 11) is 3.07. The van der Waals surface area contributed by atoms with Crippen LogP contribution in [0.25, 0.3) is 5.32 Å². The Labute approximate surface area is 238 Å². The summed E-state index contributed by atoms with van der Waals surface area (Å²) in [6.45, 7) is 1.19. The third-order valence-electron chi connectivity index (χ3n) is 9.53. The number of methoxy groups -OCH3 is 2. The van der Waals surface area contributed by atoms with Crippen LogP contribution in [0, 0.1) is 24.5 Å². The summed E-state index contributed by atoms with van der Waals surface area (Å²) in [5.74, 6) is -2.14. The van der Waals surface area contributed by atoms with Gasteiger partial charge in [0.25, 0.3) is 0 Å². The smallest absolute Gasteiger partial charge is 0.301 e. The number of carbonyl (C=O) groups excluding carboxylic acids is 1. The fourth-order valence-corrected chi connectivity index (χ4v) is 7.31. The molecule has 14 heteroatoms. The molecule has 41 heavy (non-hydrogen) atoms. The zero-order chi connectivity index (χ0) is 29.5. The van der Waals surface area contributed by atoms with Gasteiger partial charge in [0.15, 0.2) is 30.1 Å². The molecule has 2 aliphatic carbocycles. The van der Waals surface area contributed by atoms with Gasteiger partial charge in [0, 0.05) is 33.0 Å². The number of aliphatic imine (C=N–C) groups is 1. The number of rotatable bonds is 8. The van der Waals surface area contributed by atoms with E-state index in [1.165, 1.54) is 20.0 Å². The lowest BCUT2D eigenvalue weighted by Crippen LogP contribution is -2.71. The van der Waals surface area contributed by atoms with Crippen LogP contribution in [-0.4, -0.2) is 130 Å². The molecule has 14 nitrogen and oxygen atoms in total. The van der Waals surface area contributed by atoms with Gasteiger partial charge in [-0.1, -0.05) is 4.99 Å². The highest BCUT2D eigenvalue weighted by Gasteiger charge is 2.61. The van der Waals surface area contributed by atoms with Gasteiger partial charge in [-0.25, -0.2) is 0 Å². The number of fused-ring (bicyclic) bond motifs is 1. The van der Waals surface area contributed by atoms with Gasteiger partial charge in [-0.15, -0.1) is 0 Å². The molecule has 230 valence electrons. The number of carbonyl (C=O) groups is 1. The van der Waals surface area contributed by atoms with Gasteiger partial charge in [0.2, 0.25) is 0 Å². The summed E-state index contributed by atoms with van der Waals surface area (Å²) in [5.41, 5.74) is -2.49. The lowest BCUT2D eigenvalue weighted by molar-refractivity contribution is -0.379. The highest BCUT2D eigenvalue weighted by Crippen LogP contribution is 2.43. The van der Waals surface area contributed by atoms with E-state index in [1.54, 1.807) is 7.11 Å². The number of carboxylic acids is 1. The molecule has 0 amide bonds. The van der Waals surface area contributed by atoms with Crippen molar-refractivity contribution >= 4 is 12.2 Å². The molecule has 0 bridgehead atoms. The summed E-state index contributed by atoms with van der Waals surface area (Å²) in [5, 5.41) is 71.2. The SMILES string of the molecule is COC1CCC(C2CC(O)C3C(CC(O[C@H]4O[C@H](C(=O)[O-])[C@](O)(C[C+]5C=N[CH+][N-]5)[C@@H](O)[C@H]4O)C(OC)C3O)[OH+]2)CC1. The molecule has 2 saturated heterocycles. The van der Waals surface area contributed by atoms with Crippen molar-refractivity contribution in [2.24, 2.45) is 16.8 Å². The van der Waals surface area contributed by atoms with Gasteiger partial charge >= 0.3 is 6.21 Å². The number of aliphatic carboxylic acids is 1. The van der Waals surface area contributed by atoms with Gasteiger partial charge in [0.05, 0.1) is 43.0 Å². The zero-order valence-electron chi connectivity index (χ0n) is 23.1. The predicted molar refractivity (Wildman–Crippen MR) is 138 cm³/mol. The first-order chi connectivity index (χ1) is 19.6. The molecule has 5 aliphatic rings. The Morgan fingerprint density at radius 2 is 1.88 bits per heavy atom. The van der Waals surface area contributed by atoms with E-state index in [-0.39, 0.29) is 30.6 Å². The van der Waals surface area contributed by atoms with E-state index in [9.17, 15) is 35.4 Å². The molecule has 4 fully saturated rings. The Kier molecular flexibility index (Phi) is 9.48. The minimum atomic E-state index is -2.49. The largest absolute Gasteiger partial charge is 0.547 e. The van der Waals surface area contributed by atoms with Crippen LogP contribution < -0.4 is 5.11 Å². The second-order valence-electron chi connectivity index (χ2n) is 11.9. The van der Waals surface area contributed by atoms with Gasteiger partial charge < -0.3 is 59.1 Å². The Morgan fingerprint density at radius 3 is 2.49 bits per heavy atom. The second-order valence-corrected chi connectivity index (χ2v) is 11.9. The number of aliphatic hydroxyl groups excluding tert-OH is 4. The summed E-state index contributed by atoms with van der Waals surface area (Å²) in [6, 6.07) is 0.177. The van der Waals surface area contributed by atoms with E-state index < -0.39 is 79.0 Å². The molecule has 0 aromatic heterocycles. The maximum Gasteiger partial charge on any atom is 0.301 e. The zero-order valence-corrected chi connectivity index (χ0v) is 23.1. The Morgan fingerprint density at radius 1 is 1.15 bits per heavy atom. The minimum Gasteiger partial charge on any atom is -0.547 e. The van der Waals surface area contributed by atoms with Crippen LogP contribution in [0.2, 0.25) is 0 Å². The Balaban J connectivity index is 1.30. The third-order valence-corrected chi connectivity index (χ3v) is 9.53. The van der Waals surface area contributed by atoms with E-state index in [0.29, 0.717) is 6.42 Å². The van der Waals surface area contributed by atoms with Crippen molar-refractivity contribution in [3.63, 3.8) is 0 Å². The van der Waals surface area contributed by atoms with Crippen molar-refractivity contribution in [2.75, 3.05) is 14.2 Å². The van der Waals surface area contributed by atoms with Gasteiger partial charge in [-0.05, 0) is 25.7 Å². The molecule has 5 rings (SSSR count). The summed E-state index contributed by atoms with van der Waals surface area (Å²) >= 11 is 0. The molecular weight excluding hydrogens is 544 g/mol. The van der Waals surface area contributed by atoms with E-state index in [4.69, 9.17) is 23.7 Å². The average Bonchev–Trinajstić information content (AvgIpc) is 3.46. The number of hydrogen-bond acceptors (Lipinski definition) is 12. The van der Waals surface area contributed by atoms with Crippen LogP contribution in [0.1, 0.15) is 44.9 Å². The van der Waals surface area contributed by atoms with Gasteiger partial charge in [0.1, 0.15) is 30.8 Å². The standard InChI is InChI=1S/C27H40N2O12/c1-37-14-5-3-12(4-6-14)16-7-15(30)19-17(39-16)8-18(22(38-2)20(19)31)40-26-21(32)23(33)27(36,24(41-26)25(34)35)9-13-10-28-11-29-13/h10-12,14-24,26,30-33,36H,3-9H2,1-2H3/p+1/t12?,14?,15?,16?,17?,18?,19?,20?,21-,22?,23+,24-,26+,27+/m1/s1. The lowest BCUT2D eigenvalue weighted by Gasteiger charge is -2.51. The normalized spacial score (nSPS) is 48.5. The molecule has 0 radical (unpaired) electrons. The maximum atomic E-state index is 12.0. The molecule has 2 saturated carbocycles. The molecule has 12 atom stereocenters. The molecule has 6 N–H and O–H groups in total. The summed E-state index contributed by atoms with van der Waals surface area (Å²) < 4.78 is 27.5. The molecule has 0 aromatic rings. The Hall–Kier alpha value is -1.56. The predicted octanol–water partition coefficient (Wildman–Crippen LogP) is -2.57. The average molecular weight is 586 g/mol. The first-order valence-electron chi connectivity index (χ1n) is 14.2. The van der Waals surface area contributed by atoms with E-state index in [1.807, 2.05) is 0 Å². The molecule has 3 heterocycles. The third kappa shape index (κ3) is 5.97. The number of nitrogens with zero attached hydrogens (tertiary/aromatic N) is 2. The van der Waals surface area contributed by atoms with Crippen LogP contribution in [0.15, 0.2) is 4.99 Å². The van der Waals surface area contributed by atoms with E-state index >= 15 is 0 Å². The van der Waals surface area contributed by atoms with Crippen LogP contribution >= 0.6 is 0 Å². The fraction of sp³-hybridized carbons (Fsp3) is 0.852. The fourth-order valence-electron chi connectivity index (χ4n) is 7.31. The first kappa shape index (κ1) is 30.9. The highest BCUT2D eigenvalue weighted by molar-refractivity contribution is 5.82.